The molecule has 35 heavy (non-hydrogen) atoms. The number of nitrogens with one attached hydrogen (secondary N) is 2. The lowest BCUT2D eigenvalue weighted by Gasteiger charge is -2.27. The third-order valence-electron chi connectivity index (χ3n) is 5.29. The van der Waals surface area contributed by atoms with Crippen LogP contribution in [0.15, 0.2) is 48.5 Å². The standard InChI is InChI=1S/C23H31N3O3.C2H2O4/c1-18-9-10-21(28-2)20(17-18)25-23(27)22(19-7-4-3-5-8-19)24-11-6-12-26-13-15-29-16-14-26;3-1(4)2(5)6/h3-5,7-10,17,22,24H,6,11-16H2,1-2H3,(H,25,27);(H,3,4)(H,5,6). The van der Waals surface area contributed by atoms with Crippen LogP contribution in [0.4, 0.5) is 5.69 Å². The molecule has 0 bridgehead atoms. The van der Waals surface area contributed by atoms with Gasteiger partial charge in [-0.25, -0.2) is 9.59 Å². The van der Waals surface area contributed by atoms with E-state index < -0.39 is 18.0 Å². The summed E-state index contributed by atoms with van der Waals surface area (Å²) < 4.78 is 10.8. The number of carboxylic acids is 2. The molecule has 1 saturated heterocycles. The lowest BCUT2D eigenvalue weighted by Crippen LogP contribution is -2.39. The van der Waals surface area contributed by atoms with Gasteiger partial charge in [-0.15, -0.1) is 0 Å². The molecule has 1 aliphatic heterocycles. The Morgan fingerprint density at radius 3 is 2.31 bits per heavy atom. The molecule has 10 nitrogen and oxygen atoms in total. The zero-order valence-corrected chi connectivity index (χ0v) is 20.0. The quantitative estimate of drug-likeness (QED) is 0.310. The van der Waals surface area contributed by atoms with Crippen LogP contribution in [0, 0.1) is 6.92 Å². The Labute approximate surface area is 204 Å². The van der Waals surface area contributed by atoms with Crippen LogP contribution in [0.3, 0.4) is 0 Å². The molecule has 1 fully saturated rings. The van der Waals surface area contributed by atoms with Gasteiger partial charge in [0.15, 0.2) is 0 Å². The monoisotopic (exact) mass is 487 g/mol. The number of nitrogens with zero attached hydrogens (tertiary/aromatic N) is 1. The summed E-state index contributed by atoms with van der Waals surface area (Å²) in [4.78, 5) is 33.7. The fraction of sp³-hybridized carbons (Fsp3) is 0.400. The molecule has 0 radical (unpaired) electrons. The molecule has 0 aliphatic carbocycles. The number of methoxy groups -OCH3 is 1. The third kappa shape index (κ3) is 9.73. The predicted molar refractivity (Wildman–Crippen MR) is 131 cm³/mol. The van der Waals surface area contributed by atoms with Crippen LogP contribution in [0.25, 0.3) is 0 Å². The van der Waals surface area contributed by atoms with E-state index >= 15 is 0 Å². The number of amides is 1. The molecular weight excluding hydrogens is 454 g/mol. The van der Waals surface area contributed by atoms with Crippen molar-refractivity contribution in [2.45, 2.75) is 19.4 Å². The minimum Gasteiger partial charge on any atom is -0.495 e. The molecule has 1 amide bonds. The van der Waals surface area contributed by atoms with Crippen molar-refractivity contribution >= 4 is 23.5 Å². The van der Waals surface area contributed by atoms with Gasteiger partial charge in [0.2, 0.25) is 5.91 Å². The lowest BCUT2D eigenvalue weighted by molar-refractivity contribution is -0.159. The first-order chi connectivity index (χ1) is 16.8. The van der Waals surface area contributed by atoms with Gasteiger partial charge in [0, 0.05) is 13.1 Å². The highest BCUT2D eigenvalue weighted by molar-refractivity contribution is 6.27. The van der Waals surface area contributed by atoms with E-state index in [0.717, 1.165) is 56.9 Å². The number of rotatable bonds is 9. The number of carbonyl (C=O) groups excluding carboxylic acids is 1. The SMILES string of the molecule is COc1ccc(C)cc1NC(=O)C(NCCCN1CCOCC1)c1ccccc1.O=C(O)C(=O)O. The van der Waals surface area contributed by atoms with Gasteiger partial charge in [-0.1, -0.05) is 36.4 Å². The van der Waals surface area contributed by atoms with Crippen molar-refractivity contribution in [3.63, 3.8) is 0 Å². The first-order valence-corrected chi connectivity index (χ1v) is 11.3. The third-order valence-corrected chi connectivity index (χ3v) is 5.29. The number of carbonyl (C=O) groups is 3. The van der Waals surface area contributed by atoms with Gasteiger partial charge in [0.1, 0.15) is 11.8 Å². The highest BCUT2D eigenvalue weighted by Crippen LogP contribution is 2.26. The van der Waals surface area contributed by atoms with Crippen molar-refractivity contribution in [2.75, 3.05) is 51.8 Å². The minimum absolute atomic E-state index is 0.0912. The number of benzene rings is 2. The van der Waals surface area contributed by atoms with Gasteiger partial charge in [-0.3, -0.25) is 9.69 Å². The van der Waals surface area contributed by atoms with E-state index in [1.54, 1.807) is 7.11 Å². The number of aliphatic carboxylic acids is 2. The summed E-state index contributed by atoms with van der Waals surface area (Å²) in [5.74, 6) is -3.08. The molecule has 10 heteroatoms. The van der Waals surface area contributed by atoms with E-state index in [1.165, 1.54) is 0 Å². The van der Waals surface area contributed by atoms with E-state index in [0.29, 0.717) is 11.4 Å². The maximum atomic E-state index is 13.1. The summed E-state index contributed by atoms with van der Waals surface area (Å²) in [7, 11) is 1.61. The summed E-state index contributed by atoms with van der Waals surface area (Å²) in [5, 5.41) is 21.3. The molecule has 2 aromatic rings. The number of hydrogen-bond acceptors (Lipinski definition) is 7. The fourth-order valence-corrected chi connectivity index (χ4v) is 3.51. The number of hydrogen-bond donors (Lipinski definition) is 4. The van der Waals surface area contributed by atoms with Crippen molar-refractivity contribution in [2.24, 2.45) is 0 Å². The van der Waals surface area contributed by atoms with Gasteiger partial charge >= 0.3 is 11.9 Å². The molecule has 0 aromatic heterocycles. The van der Waals surface area contributed by atoms with Crippen LogP contribution in [0.1, 0.15) is 23.6 Å². The second-order valence-corrected chi connectivity index (χ2v) is 7.91. The Bertz CT molecular complexity index is 951. The van der Waals surface area contributed by atoms with Crippen LogP contribution in [0.2, 0.25) is 0 Å². The Kier molecular flexibility index (Phi) is 11.7. The van der Waals surface area contributed by atoms with Crippen LogP contribution < -0.4 is 15.4 Å². The summed E-state index contributed by atoms with van der Waals surface area (Å²) in [6, 6.07) is 15.2. The van der Waals surface area contributed by atoms with Crippen molar-refractivity contribution in [3.05, 3.63) is 59.7 Å². The van der Waals surface area contributed by atoms with Crippen molar-refractivity contribution in [1.82, 2.24) is 10.2 Å². The topological polar surface area (TPSA) is 137 Å². The molecule has 0 spiro atoms. The van der Waals surface area contributed by atoms with Gasteiger partial charge in [-0.05, 0) is 49.7 Å². The van der Waals surface area contributed by atoms with Gasteiger partial charge in [0.25, 0.3) is 0 Å². The molecule has 1 heterocycles. The number of aryl methyl sites for hydroxylation is 1. The fourth-order valence-electron chi connectivity index (χ4n) is 3.51. The largest absolute Gasteiger partial charge is 0.495 e. The summed E-state index contributed by atoms with van der Waals surface area (Å²) >= 11 is 0. The Hall–Kier alpha value is -3.47. The first-order valence-electron chi connectivity index (χ1n) is 11.3. The van der Waals surface area contributed by atoms with Crippen molar-refractivity contribution in [3.8, 4) is 5.75 Å². The summed E-state index contributed by atoms with van der Waals surface area (Å²) in [6.07, 6.45) is 0.977. The van der Waals surface area contributed by atoms with E-state index in [1.807, 2.05) is 55.5 Å². The number of morpholine rings is 1. The van der Waals surface area contributed by atoms with E-state index in [9.17, 15) is 4.79 Å². The first kappa shape index (κ1) is 27.8. The minimum atomic E-state index is -1.82. The number of anilines is 1. The molecule has 1 aliphatic rings. The Morgan fingerprint density at radius 2 is 1.71 bits per heavy atom. The van der Waals surface area contributed by atoms with Crippen LogP contribution >= 0.6 is 0 Å². The lowest BCUT2D eigenvalue weighted by atomic mass is 10.1. The molecule has 3 rings (SSSR count). The zero-order valence-electron chi connectivity index (χ0n) is 20.0. The predicted octanol–water partition coefficient (Wildman–Crippen LogP) is 2.15. The molecule has 190 valence electrons. The molecular formula is C25H33N3O7. The summed E-state index contributed by atoms with van der Waals surface area (Å²) in [5.41, 5.74) is 2.70. The molecule has 2 aromatic carbocycles. The van der Waals surface area contributed by atoms with E-state index in [4.69, 9.17) is 29.3 Å². The molecule has 1 atom stereocenters. The Morgan fingerprint density at radius 1 is 1.06 bits per heavy atom. The van der Waals surface area contributed by atoms with Crippen LogP contribution in [-0.4, -0.2) is 79.5 Å². The second kappa shape index (κ2) is 14.7. The molecule has 0 saturated carbocycles. The van der Waals surface area contributed by atoms with Crippen LogP contribution in [0.5, 0.6) is 5.75 Å². The average Bonchev–Trinajstić information content (AvgIpc) is 2.85. The van der Waals surface area contributed by atoms with Gasteiger partial charge in [0.05, 0.1) is 26.0 Å². The number of carboxylic acid groups (broad SMARTS) is 2. The normalized spacial score (nSPS) is 14.2. The molecule has 4 N–H and O–H groups in total. The van der Waals surface area contributed by atoms with Gasteiger partial charge < -0.3 is 30.3 Å². The molecule has 1 unspecified atom stereocenters. The van der Waals surface area contributed by atoms with E-state index in [2.05, 4.69) is 15.5 Å². The second-order valence-electron chi connectivity index (χ2n) is 7.91. The summed E-state index contributed by atoms with van der Waals surface area (Å²) in [6.45, 7) is 7.33. The highest BCUT2D eigenvalue weighted by atomic mass is 16.5. The van der Waals surface area contributed by atoms with Gasteiger partial charge in [-0.2, -0.15) is 0 Å². The smallest absolute Gasteiger partial charge is 0.414 e. The average molecular weight is 488 g/mol. The van der Waals surface area contributed by atoms with Crippen molar-refractivity contribution < 1.29 is 34.1 Å². The van der Waals surface area contributed by atoms with Crippen molar-refractivity contribution in [1.29, 1.82) is 0 Å². The maximum Gasteiger partial charge on any atom is 0.414 e. The van der Waals surface area contributed by atoms with Crippen LogP contribution in [-0.2, 0) is 19.1 Å². The maximum absolute atomic E-state index is 13.1. The Balaban J connectivity index is 0.000000641. The number of ether oxygens (including phenoxy) is 2. The highest BCUT2D eigenvalue weighted by Gasteiger charge is 2.21. The zero-order chi connectivity index (χ0) is 25.6. The van der Waals surface area contributed by atoms with E-state index in [-0.39, 0.29) is 5.91 Å².